The number of halogens is 5. The molecule has 0 aliphatic heterocycles. The number of H-pyrrole nitrogens is 1. The zero-order valence-corrected chi connectivity index (χ0v) is 15.5. The van der Waals surface area contributed by atoms with Gasteiger partial charge in [0.1, 0.15) is 17.8 Å². The number of fused-ring (bicyclic) bond motifs is 1. The van der Waals surface area contributed by atoms with Gasteiger partial charge in [0.25, 0.3) is 5.56 Å². The van der Waals surface area contributed by atoms with Crippen molar-refractivity contribution in [1.82, 2.24) is 19.7 Å². The van der Waals surface area contributed by atoms with Crippen LogP contribution in [-0.4, -0.2) is 40.2 Å². The van der Waals surface area contributed by atoms with Crippen LogP contribution in [0.2, 0.25) is 0 Å². The molecule has 0 fully saturated rings. The van der Waals surface area contributed by atoms with Crippen molar-refractivity contribution in [3.8, 4) is 5.75 Å². The Balaban J connectivity index is 2.10. The van der Waals surface area contributed by atoms with Crippen molar-refractivity contribution in [2.45, 2.75) is 26.0 Å². The van der Waals surface area contributed by atoms with Crippen LogP contribution in [0.3, 0.4) is 0 Å². The Labute approximate surface area is 160 Å². The second kappa shape index (κ2) is 7.33. The van der Waals surface area contributed by atoms with Gasteiger partial charge < -0.3 is 9.64 Å². The number of nitrogens with zero attached hydrogens (tertiary/aromatic N) is 4. The van der Waals surface area contributed by atoms with E-state index >= 15 is 0 Å². The Morgan fingerprint density at radius 3 is 2.55 bits per heavy atom. The third kappa shape index (κ3) is 4.00. The molecule has 0 aliphatic carbocycles. The highest BCUT2D eigenvalue weighted by atomic mass is 19.4. The van der Waals surface area contributed by atoms with Crippen LogP contribution in [0.1, 0.15) is 24.2 Å². The van der Waals surface area contributed by atoms with Crippen LogP contribution < -0.4 is 15.2 Å². The smallest absolute Gasteiger partial charge is 0.403 e. The predicted octanol–water partition coefficient (Wildman–Crippen LogP) is 3.30. The Bertz CT molecular complexity index is 1110. The van der Waals surface area contributed by atoms with Crippen molar-refractivity contribution in [3.63, 3.8) is 0 Å². The molecule has 3 rings (SSSR count). The first-order valence-electron chi connectivity index (χ1n) is 8.31. The van der Waals surface area contributed by atoms with Crippen molar-refractivity contribution in [2.75, 3.05) is 19.0 Å². The van der Waals surface area contributed by atoms with Crippen molar-refractivity contribution in [1.29, 1.82) is 0 Å². The molecule has 1 aromatic carbocycles. The highest BCUT2D eigenvalue weighted by molar-refractivity contribution is 5.78. The maximum Gasteiger partial charge on any atom is 0.573 e. The number of alkyl halides is 4. The van der Waals surface area contributed by atoms with Gasteiger partial charge >= 0.3 is 6.36 Å². The molecule has 0 radical (unpaired) electrons. The number of aromatic nitrogens is 4. The zero-order valence-electron chi connectivity index (χ0n) is 15.5. The standard InChI is InChI=1S/C17H16F5N5O2/c1-8(9-4-5-12(10(19)6-9)29-17(20,21)22)27-14-13(11(7-18)25-27)15(28)24-16(23-14)26(2)3/h4-6,8H,7H2,1-3H3,(H,23,24,28)/t8-/m1/s1. The summed E-state index contributed by atoms with van der Waals surface area (Å²) in [7, 11) is 3.28. The van der Waals surface area contributed by atoms with Crippen LogP contribution in [0.4, 0.5) is 27.9 Å². The fraction of sp³-hybridized carbons (Fsp3) is 0.353. The first-order valence-corrected chi connectivity index (χ1v) is 8.31. The van der Waals surface area contributed by atoms with E-state index in [1.165, 1.54) is 15.6 Å². The monoisotopic (exact) mass is 417 g/mol. The lowest BCUT2D eigenvalue weighted by Crippen LogP contribution is -2.20. The average molecular weight is 417 g/mol. The first-order chi connectivity index (χ1) is 13.5. The van der Waals surface area contributed by atoms with E-state index in [2.05, 4.69) is 19.8 Å². The van der Waals surface area contributed by atoms with E-state index in [0.717, 1.165) is 12.1 Å². The quantitative estimate of drug-likeness (QED) is 0.645. The van der Waals surface area contributed by atoms with Crippen molar-refractivity contribution >= 4 is 17.0 Å². The Kier molecular flexibility index (Phi) is 5.20. The normalized spacial score (nSPS) is 13.0. The van der Waals surface area contributed by atoms with Gasteiger partial charge in [-0.05, 0) is 24.6 Å². The van der Waals surface area contributed by atoms with Crippen LogP contribution in [-0.2, 0) is 6.67 Å². The van der Waals surface area contributed by atoms with E-state index in [4.69, 9.17) is 0 Å². The topological polar surface area (TPSA) is 76.0 Å². The molecule has 3 aromatic rings. The van der Waals surface area contributed by atoms with E-state index in [1.807, 2.05) is 0 Å². The zero-order chi connectivity index (χ0) is 21.5. The van der Waals surface area contributed by atoms with Gasteiger partial charge in [0.2, 0.25) is 5.95 Å². The number of ether oxygens (including phenoxy) is 1. The second-order valence-corrected chi connectivity index (χ2v) is 6.42. The molecule has 12 heteroatoms. The van der Waals surface area contributed by atoms with E-state index in [1.54, 1.807) is 21.0 Å². The van der Waals surface area contributed by atoms with Crippen molar-refractivity contribution < 1.29 is 26.7 Å². The minimum Gasteiger partial charge on any atom is -0.403 e. The van der Waals surface area contributed by atoms with Gasteiger partial charge in [0, 0.05) is 14.1 Å². The molecule has 0 amide bonds. The molecular weight excluding hydrogens is 401 g/mol. The number of rotatable bonds is 5. The molecule has 7 nitrogen and oxygen atoms in total. The number of hydrogen-bond donors (Lipinski definition) is 1. The summed E-state index contributed by atoms with van der Waals surface area (Å²) in [5.41, 5.74) is -0.456. The highest BCUT2D eigenvalue weighted by Gasteiger charge is 2.32. The fourth-order valence-electron chi connectivity index (χ4n) is 2.80. The molecule has 0 unspecified atom stereocenters. The number of nitrogens with one attached hydrogen (secondary N) is 1. The van der Waals surface area contributed by atoms with E-state index in [0.29, 0.717) is 0 Å². The lowest BCUT2D eigenvalue weighted by Gasteiger charge is -2.16. The van der Waals surface area contributed by atoms with Gasteiger partial charge in [0.15, 0.2) is 17.2 Å². The third-order valence-electron chi connectivity index (χ3n) is 4.20. The van der Waals surface area contributed by atoms with Gasteiger partial charge in [-0.25, -0.2) is 13.5 Å². The van der Waals surface area contributed by atoms with Crippen LogP contribution in [0.15, 0.2) is 23.0 Å². The summed E-state index contributed by atoms with van der Waals surface area (Å²) in [5, 5.41) is 4.01. The lowest BCUT2D eigenvalue weighted by atomic mass is 10.1. The molecule has 2 heterocycles. The van der Waals surface area contributed by atoms with Gasteiger partial charge in [-0.15, -0.1) is 13.2 Å². The summed E-state index contributed by atoms with van der Waals surface area (Å²) < 4.78 is 69.3. The molecule has 0 bridgehead atoms. The van der Waals surface area contributed by atoms with Gasteiger partial charge in [-0.3, -0.25) is 9.78 Å². The molecule has 0 aliphatic rings. The molecular formula is C17H16F5N5O2. The Morgan fingerprint density at radius 1 is 1.31 bits per heavy atom. The van der Waals surface area contributed by atoms with E-state index in [-0.39, 0.29) is 28.2 Å². The molecule has 2 aromatic heterocycles. The molecule has 0 spiro atoms. The molecule has 156 valence electrons. The number of hydrogen-bond acceptors (Lipinski definition) is 5. The number of benzene rings is 1. The number of anilines is 1. The molecule has 0 saturated heterocycles. The summed E-state index contributed by atoms with van der Waals surface area (Å²) in [6, 6.07) is 2.14. The minimum absolute atomic E-state index is 0.0533. The Hall–Kier alpha value is -3.18. The summed E-state index contributed by atoms with van der Waals surface area (Å²) >= 11 is 0. The van der Waals surface area contributed by atoms with Crippen LogP contribution >= 0.6 is 0 Å². The lowest BCUT2D eigenvalue weighted by molar-refractivity contribution is -0.275. The summed E-state index contributed by atoms with van der Waals surface area (Å²) in [4.78, 5) is 20.7. The van der Waals surface area contributed by atoms with Crippen LogP contribution in [0.5, 0.6) is 5.75 Å². The van der Waals surface area contributed by atoms with E-state index < -0.39 is 36.2 Å². The van der Waals surface area contributed by atoms with Crippen molar-refractivity contribution in [3.05, 3.63) is 45.6 Å². The van der Waals surface area contributed by atoms with Gasteiger partial charge in [-0.1, -0.05) is 6.07 Å². The maximum atomic E-state index is 14.1. The molecule has 0 saturated carbocycles. The first kappa shape index (κ1) is 20.6. The summed E-state index contributed by atoms with van der Waals surface area (Å²) in [6.45, 7) is 0.529. The van der Waals surface area contributed by atoms with Gasteiger partial charge in [0.05, 0.1) is 6.04 Å². The highest BCUT2D eigenvalue weighted by Crippen LogP contribution is 2.30. The SMILES string of the molecule is C[C@H](c1ccc(OC(F)(F)F)c(F)c1)n1nc(CF)c2c(=O)[nH]c(N(C)C)nc21. The minimum atomic E-state index is -5.03. The molecule has 1 atom stereocenters. The second-order valence-electron chi connectivity index (χ2n) is 6.42. The largest absolute Gasteiger partial charge is 0.573 e. The van der Waals surface area contributed by atoms with Crippen LogP contribution in [0, 0.1) is 5.82 Å². The summed E-state index contributed by atoms with van der Waals surface area (Å²) in [5.74, 6) is -2.01. The average Bonchev–Trinajstić information content (AvgIpc) is 3.01. The van der Waals surface area contributed by atoms with Crippen molar-refractivity contribution in [2.24, 2.45) is 0 Å². The number of aromatic amines is 1. The molecule has 1 N–H and O–H groups in total. The van der Waals surface area contributed by atoms with Gasteiger partial charge in [-0.2, -0.15) is 10.1 Å². The van der Waals surface area contributed by atoms with Crippen LogP contribution in [0.25, 0.3) is 11.0 Å². The summed E-state index contributed by atoms with van der Waals surface area (Å²) in [6.07, 6.45) is -5.03. The fourth-order valence-corrected chi connectivity index (χ4v) is 2.80. The maximum absolute atomic E-state index is 14.1. The predicted molar refractivity (Wildman–Crippen MR) is 94.2 cm³/mol. The van der Waals surface area contributed by atoms with E-state index in [9.17, 15) is 26.7 Å². The Morgan fingerprint density at radius 2 is 2.00 bits per heavy atom. The third-order valence-corrected chi connectivity index (χ3v) is 4.20. The molecule has 29 heavy (non-hydrogen) atoms.